The number of nitrogens with one attached hydrogen (secondary N) is 2. The summed E-state index contributed by atoms with van der Waals surface area (Å²) in [5.41, 5.74) is 1.81. The van der Waals surface area contributed by atoms with Gasteiger partial charge in [-0.2, -0.15) is 0 Å². The van der Waals surface area contributed by atoms with Crippen LogP contribution < -0.4 is 10.6 Å². The van der Waals surface area contributed by atoms with E-state index in [4.69, 9.17) is 5.11 Å². The number of hydrogen-bond donors (Lipinski definition) is 3. The van der Waals surface area contributed by atoms with E-state index < -0.39 is 0 Å². The van der Waals surface area contributed by atoms with Gasteiger partial charge in [0, 0.05) is 22.8 Å². The molecule has 0 radical (unpaired) electrons. The first kappa shape index (κ1) is 15.0. The van der Waals surface area contributed by atoms with Crippen LogP contribution in [0.1, 0.15) is 19.4 Å². The van der Waals surface area contributed by atoms with Crippen molar-refractivity contribution < 1.29 is 9.90 Å². The third-order valence-electron chi connectivity index (χ3n) is 2.92. The summed E-state index contributed by atoms with van der Waals surface area (Å²) in [4.78, 5) is 11.7. The van der Waals surface area contributed by atoms with Gasteiger partial charge >= 0.3 is 6.03 Å². The maximum atomic E-state index is 11.7. The molecule has 0 spiro atoms. The minimum absolute atomic E-state index is 0.0300. The number of urea groups is 1. The van der Waals surface area contributed by atoms with Crippen LogP contribution in [0.3, 0.4) is 0 Å². The monoisotopic (exact) mass is 314 g/mol. The highest BCUT2D eigenvalue weighted by Crippen LogP contribution is 2.19. The maximum absolute atomic E-state index is 11.7. The predicted molar refractivity (Wildman–Crippen MR) is 76.7 cm³/mol. The number of carbonyl (C=O) groups is 1. The molecule has 0 fully saturated rings. The van der Waals surface area contributed by atoms with E-state index in [1.165, 1.54) is 0 Å². The van der Waals surface area contributed by atoms with Crippen LogP contribution in [0, 0.1) is 12.8 Å². The van der Waals surface area contributed by atoms with Gasteiger partial charge in [-0.25, -0.2) is 4.79 Å². The van der Waals surface area contributed by atoms with Gasteiger partial charge in [0.25, 0.3) is 0 Å². The van der Waals surface area contributed by atoms with E-state index in [1.54, 1.807) is 0 Å². The van der Waals surface area contributed by atoms with Crippen molar-refractivity contribution in [1.29, 1.82) is 0 Å². The van der Waals surface area contributed by atoms with Crippen LogP contribution in [0.2, 0.25) is 0 Å². The van der Waals surface area contributed by atoms with Crippen molar-refractivity contribution in [1.82, 2.24) is 5.32 Å². The number of hydrogen-bond acceptors (Lipinski definition) is 2. The molecule has 0 aromatic heterocycles. The number of aryl methyl sites for hydroxylation is 1. The molecule has 0 aliphatic rings. The molecule has 0 saturated heterocycles. The van der Waals surface area contributed by atoms with E-state index in [0.29, 0.717) is 0 Å². The quantitative estimate of drug-likeness (QED) is 0.800. The lowest BCUT2D eigenvalue weighted by atomic mass is 10.1. The fourth-order valence-electron chi connectivity index (χ4n) is 1.40. The average molecular weight is 315 g/mol. The Balaban J connectivity index is 2.57. The fraction of sp³-hybridized carbons (Fsp3) is 0.462. The Labute approximate surface area is 116 Å². The van der Waals surface area contributed by atoms with Gasteiger partial charge in [0.1, 0.15) is 0 Å². The van der Waals surface area contributed by atoms with Gasteiger partial charge < -0.3 is 15.7 Å². The summed E-state index contributed by atoms with van der Waals surface area (Å²) in [7, 11) is 0. The van der Waals surface area contributed by atoms with E-state index in [2.05, 4.69) is 26.6 Å². The van der Waals surface area contributed by atoms with Gasteiger partial charge in [-0.1, -0.05) is 22.9 Å². The lowest BCUT2D eigenvalue weighted by molar-refractivity contribution is 0.204. The van der Waals surface area contributed by atoms with Crippen molar-refractivity contribution in [3.8, 4) is 0 Å². The molecule has 1 aromatic rings. The summed E-state index contributed by atoms with van der Waals surface area (Å²) in [5.74, 6) is 0.0300. The van der Waals surface area contributed by atoms with Crippen molar-refractivity contribution in [3.05, 3.63) is 28.2 Å². The Hall–Kier alpha value is -1.07. The molecule has 2 unspecified atom stereocenters. The Bertz CT molecular complexity index is 423. The molecule has 2 amide bonds. The molecule has 100 valence electrons. The van der Waals surface area contributed by atoms with Crippen LogP contribution in [0.5, 0.6) is 0 Å². The summed E-state index contributed by atoms with van der Waals surface area (Å²) in [6.45, 7) is 5.77. The molecule has 0 bridgehead atoms. The van der Waals surface area contributed by atoms with Crippen LogP contribution in [0.15, 0.2) is 22.7 Å². The van der Waals surface area contributed by atoms with Crippen molar-refractivity contribution in [2.75, 3.05) is 11.9 Å². The first-order valence-electron chi connectivity index (χ1n) is 5.88. The first-order chi connectivity index (χ1) is 8.43. The topological polar surface area (TPSA) is 61.4 Å². The standard InChI is InChI=1S/C13H19BrN2O2/c1-8-6-11(4-5-12(8)14)16-13(18)15-10(3)9(2)7-17/h4-6,9-10,17H,7H2,1-3H3,(H2,15,16,18). The number of benzene rings is 1. The zero-order valence-corrected chi connectivity index (χ0v) is 12.4. The number of anilines is 1. The van der Waals surface area contributed by atoms with Gasteiger partial charge in [0.15, 0.2) is 0 Å². The van der Waals surface area contributed by atoms with Gasteiger partial charge in [-0.05, 0) is 43.5 Å². The molecule has 3 N–H and O–H groups in total. The van der Waals surface area contributed by atoms with Gasteiger partial charge in [0.2, 0.25) is 0 Å². The predicted octanol–water partition coefficient (Wildman–Crippen LogP) is 2.90. The zero-order chi connectivity index (χ0) is 13.7. The fourth-order valence-corrected chi connectivity index (χ4v) is 1.64. The largest absolute Gasteiger partial charge is 0.396 e. The molecular formula is C13H19BrN2O2. The summed E-state index contributed by atoms with van der Waals surface area (Å²) >= 11 is 3.41. The number of halogens is 1. The minimum Gasteiger partial charge on any atom is -0.396 e. The molecule has 18 heavy (non-hydrogen) atoms. The van der Waals surface area contributed by atoms with Crippen LogP contribution in [0.4, 0.5) is 10.5 Å². The molecule has 0 saturated carbocycles. The van der Waals surface area contributed by atoms with Crippen LogP contribution in [0.25, 0.3) is 0 Å². The van der Waals surface area contributed by atoms with Crippen LogP contribution in [-0.4, -0.2) is 23.8 Å². The third-order valence-corrected chi connectivity index (χ3v) is 3.81. The van der Waals surface area contributed by atoms with Crippen molar-refractivity contribution in [3.63, 3.8) is 0 Å². The van der Waals surface area contributed by atoms with Gasteiger partial charge in [0.05, 0.1) is 0 Å². The number of carbonyl (C=O) groups excluding carboxylic acids is 1. The number of rotatable bonds is 4. The molecule has 1 rings (SSSR count). The highest BCUT2D eigenvalue weighted by molar-refractivity contribution is 9.10. The Kier molecular flexibility index (Phi) is 5.62. The van der Waals surface area contributed by atoms with Crippen molar-refractivity contribution in [2.24, 2.45) is 5.92 Å². The Morgan fingerprint density at radius 1 is 1.44 bits per heavy atom. The highest BCUT2D eigenvalue weighted by atomic mass is 79.9. The third kappa shape index (κ3) is 4.31. The number of aliphatic hydroxyl groups is 1. The molecule has 2 atom stereocenters. The van der Waals surface area contributed by atoms with Crippen molar-refractivity contribution in [2.45, 2.75) is 26.8 Å². The lowest BCUT2D eigenvalue weighted by Gasteiger charge is -2.19. The molecule has 4 nitrogen and oxygen atoms in total. The highest BCUT2D eigenvalue weighted by Gasteiger charge is 2.13. The maximum Gasteiger partial charge on any atom is 0.319 e. The summed E-state index contributed by atoms with van der Waals surface area (Å²) in [6.07, 6.45) is 0. The summed E-state index contributed by atoms with van der Waals surface area (Å²) < 4.78 is 1.01. The second-order valence-electron chi connectivity index (χ2n) is 4.51. The van der Waals surface area contributed by atoms with E-state index >= 15 is 0 Å². The van der Waals surface area contributed by atoms with Gasteiger partial charge in [-0.15, -0.1) is 0 Å². The molecule has 0 heterocycles. The number of amides is 2. The Morgan fingerprint density at radius 2 is 2.11 bits per heavy atom. The van der Waals surface area contributed by atoms with E-state index in [1.807, 2.05) is 39.0 Å². The lowest BCUT2D eigenvalue weighted by Crippen LogP contribution is -2.40. The average Bonchev–Trinajstić information content (AvgIpc) is 2.32. The second kappa shape index (κ2) is 6.75. The molecule has 0 aliphatic carbocycles. The normalized spacial score (nSPS) is 13.8. The zero-order valence-electron chi connectivity index (χ0n) is 10.8. The van der Waals surface area contributed by atoms with Crippen molar-refractivity contribution >= 4 is 27.6 Å². The minimum atomic E-state index is -0.260. The van der Waals surface area contributed by atoms with E-state index in [-0.39, 0.29) is 24.6 Å². The number of aliphatic hydroxyl groups excluding tert-OH is 1. The molecule has 5 heteroatoms. The van der Waals surface area contributed by atoms with Crippen LogP contribution >= 0.6 is 15.9 Å². The Morgan fingerprint density at radius 3 is 2.67 bits per heavy atom. The van der Waals surface area contributed by atoms with Gasteiger partial charge in [-0.3, -0.25) is 0 Å². The first-order valence-corrected chi connectivity index (χ1v) is 6.68. The SMILES string of the molecule is Cc1cc(NC(=O)NC(C)C(C)CO)ccc1Br. The second-order valence-corrected chi connectivity index (χ2v) is 5.37. The smallest absolute Gasteiger partial charge is 0.319 e. The van der Waals surface area contributed by atoms with E-state index in [0.717, 1.165) is 15.7 Å². The summed E-state index contributed by atoms with van der Waals surface area (Å²) in [5, 5.41) is 14.6. The van der Waals surface area contributed by atoms with E-state index in [9.17, 15) is 4.79 Å². The van der Waals surface area contributed by atoms with Crippen LogP contribution in [-0.2, 0) is 0 Å². The molecule has 1 aromatic carbocycles. The summed E-state index contributed by atoms with van der Waals surface area (Å²) in [6, 6.07) is 5.28. The molecule has 0 aliphatic heterocycles. The molecular weight excluding hydrogens is 296 g/mol.